The van der Waals surface area contributed by atoms with E-state index in [-0.39, 0.29) is 30.7 Å². The molecule has 1 aliphatic heterocycles. The van der Waals surface area contributed by atoms with Crippen molar-refractivity contribution >= 4 is 35.0 Å². The minimum absolute atomic E-state index is 0.108. The molecule has 2 aromatic rings. The summed E-state index contributed by atoms with van der Waals surface area (Å²) in [5.41, 5.74) is 1.65. The topological polar surface area (TPSA) is 78.5 Å². The molecule has 1 heterocycles. The zero-order valence-electron chi connectivity index (χ0n) is 15.5. The van der Waals surface area contributed by atoms with Crippen LogP contribution in [0, 0.1) is 5.92 Å². The van der Waals surface area contributed by atoms with Crippen LogP contribution in [0.25, 0.3) is 0 Å². The summed E-state index contributed by atoms with van der Waals surface area (Å²) in [6.07, 6.45) is 0.108. The number of amides is 3. The van der Waals surface area contributed by atoms with Gasteiger partial charge in [0.2, 0.25) is 17.7 Å². The molecule has 0 bridgehead atoms. The second kappa shape index (κ2) is 8.89. The van der Waals surface area contributed by atoms with Crippen LogP contribution in [-0.4, -0.2) is 30.3 Å². The summed E-state index contributed by atoms with van der Waals surface area (Å²) >= 11 is 5.99. The van der Waals surface area contributed by atoms with Gasteiger partial charge in [0.1, 0.15) is 6.04 Å². The molecule has 0 radical (unpaired) electrons. The Kier molecular flexibility index (Phi) is 6.31. The summed E-state index contributed by atoms with van der Waals surface area (Å²) in [7, 11) is 0. The Labute approximate surface area is 168 Å². The van der Waals surface area contributed by atoms with Gasteiger partial charge in [-0.1, -0.05) is 48.0 Å². The third kappa shape index (κ3) is 4.89. The molecule has 3 rings (SSSR count). The van der Waals surface area contributed by atoms with E-state index >= 15 is 0 Å². The summed E-state index contributed by atoms with van der Waals surface area (Å²) < 4.78 is 0. The highest BCUT2D eigenvalue weighted by molar-refractivity contribution is 6.31. The lowest BCUT2D eigenvalue weighted by molar-refractivity contribution is -0.131. The average molecular weight is 400 g/mol. The first kappa shape index (κ1) is 19.9. The standard InChI is InChI=1S/C21H22ClN3O3/c1-14(20(27)23-12-15-6-3-2-4-7-15)24-21(28)16-10-19(26)25(13-16)18-9-5-8-17(22)11-18/h2-9,11,14,16H,10,12-13H2,1H3,(H,23,27)(H,24,28). The van der Waals surface area contributed by atoms with Gasteiger partial charge in [-0.25, -0.2) is 0 Å². The Bertz CT molecular complexity index is 872. The van der Waals surface area contributed by atoms with Gasteiger partial charge in [0.25, 0.3) is 0 Å². The van der Waals surface area contributed by atoms with Crippen molar-refractivity contribution in [1.29, 1.82) is 0 Å². The van der Waals surface area contributed by atoms with Crippen molar-refractivity contribution in [1.82, 2.24) is 10.6 Å². The average Bonchev–Trinajstić information content (AvgIpc) is 3.08. The third-order valence-electron chi connectivity index (χ3n) is 4.68. The Morgan fingerprint density at radius 3 is 2.64 bits per heavy atom. The van der Waals surface area contributed by atoms with Crippen molar-refractivity contribution in [2.75, 3.05) is 11.4 Å². The predicted molar refractivity (Wildman–Crippen MR) is 108 cm³/mol. The van der Waals surface area contributed by atoms with Crippen molar-refractivity contribution in [2.24, 2.45) is 5.92 Å². The molecule has 1 fully saturated rings. The molecule has 2 aromatic carbocycles. The smallest absolute Gasteiger partial charge is 0.242 e. The van der Waals surface area contributed by atoms with Gasteiger partial charge >= 0.3 is 0 Å². The van der Waals surface area contributed by atoms with E-state index in [2.05, 4.69) is 10.6 Å². The fourth-order valence-corrected chi connectivity index (χ4v) is 3.30. The lowest BCUT2D eigenvalue weighted by Crippen LogP contribution is -2.46. The van der Waals surface area contributed by atoms with Crippen LogP contribution in [0.1, 0.15) is 18.9 Å². The van der Waals surface area contributed by atoms with Crippen molar-refractivity contribution < 1.29 is 14.4 Å². The highest BCUT2D eigenvalue weighted by atomic mass is 35.5. The van der Waals surface area contributed by atoms with Gasteiger partial charge in [0.15, 0.2) is 0 Å². The van der Waals surface area contributed by atoms with Crippen molar-refractivity contribution in [3.05, 3.63) is 65.2 Å². The molecule has 6 nitrogen and oxygen atoms in total. The monoisotopic (exact) mass is 399 g/mol. The highest BCUT2D eigenvalue weighted by Crippen LogP contribution is 2.27. The van der Waals surface area contributed by atoms with E-state index in [1.54, 1.807) is 36.1 Å². The Hall–Kier alpha value is -2.86. The second-order valence-electron chi connectivity index (χ2n) is 6.82. The fourth-order valence-electron chi connectivity index (χ4n) is 3.11. The number of hydrogen-bond acceptors (Lipinski definition) is 3. The van der Waals surface area contributed by atoms with Crippen LogP contribution in [0.5, 0.6) is 0 Å². The minimum atomic E-state index is -0.688. The summed E-state index contributed by atoms with van der Waals surface area (Å²) in [6, 6.07) is 15.8. The van der Waals surface area contributed by atoms with Crippen LogP contribution in [-0.2, 0) is 20.9 Å². The number of anilines is 1. The summed E-state index contributed by atoms with van der Waals surface area (Å²) in [5.74, 6) is -1.21. The molecule has 3 amide bonds. The molecule has 2 atom stereocenters. The van der Waals surface area contributed by atoms with Crippen molar-refractivity contribution in [3.63, 3.8) is 0 Å². The Morgan fingerprint density at radius 1 is 1.18 bits per heavy atom. The van der Waals surface area contributed by atoms with E-state index in [1.807, 2.05) is 30.3 Å². The highest BCUT2D eigenvalue weighted by Gasteiger charge is 2.36. The van der Waals surface area contributed by atoms with E-state index in [1.165, 1.54) is 0 Å². The molecule has 7 heteroatoms. The molecular formula is C21H22ClN3O3. The van der Waals surface area contributed by atoms with E-state index in [9.17, 15) is 14.4 Å². The maximum atomic E-state index is 12.5. The van der Waals surface area contributed by atoms with Gasteiger partial charge in [-0.05, 0) is 30.7 Å². The molecule has 146 valence electrons. The Morgan fingerprint density at radius 2 is 1.93 bits per heavy atom. The molecule has 0 saturated carbocycles. The Balaban J connectivity index is 1.52. The normalized spacial score (nSPS) is 17.3. The molecule has 1 saturated heterocycles. The number of benzene rings is 2. The lowest BCUT2D eigenvalue weighted by Gasteiger charge is -2.18. The van der Waals surface area contributed by atoms with Crippen LogP contribution in [0.4, 0.5) is 5.69 Å². The fraction of sp³-hybridized carbons (Fsp3) is 0.286. The van der Waals surface area contributed by atoms with Gasteiger partial charge in [-0.2, -0.15) is 0 Å². The zero-order valence-corrected chi connectivity index (χ0v) is 16.3. The number of halogens is 1. The van der Waals surface area contributed by atoms with Crippen LogP contribution in [0.2, 0.25) is 5.02 Å². The molecule has 2 N–H and O–H groups in total. The number of hydrogen-bond donors (Lipinski definition) is 2. The summed E-state index contributed by atoms with van der Waals surface area (Å²) in [4.78, 5) is 38.6. The first-order chi connectivity index (χ1) is 13.4. The predicted octanol–water partition coefficient (Wildman–Crippen LogP) is 2.51. The zero-order chi connectivity index (χ0) is 20.1. The second-order valence-corrected chi connectivity index (χ2v) is 7.26. The molecule has 1 aliphatic rings. The summed E-state index contributed by atoms with van der Waals surface area (Å²) in [5, 5.41) is 6.03. The van der Waals surface area contributed by atoms with Crippen molar-refractivity contribution in [2.45, 2.75) is 25.9 Å². The minimum Gasteiger partial charge on any atom is -0.350 e. The van der Waals surface area contributed by atoms with Crippen LogP contribution < -0.4 is 15.5 Å². The quantitative estimate of drug-likeness (QED) is 0.783. The lowest BCUT2D eigenvalue weighted by atomic mass is 10.1. The van der Waals surface area contributed by atoms with Crippen molar-refractivity contribution in [3.8, 4) is 0 Å². The van der Waals surface area contributed by atoms with Gasteiger partial charge < -0.3 is 15.5 Å². The van der Waals surface area contributed by atoms with E-state index in [0.717, 1.165) is 5.56 Å². The molecule has 28 heavy (non-hydrogen) atoms. The van der Waals surface area contributed by atoms with E-state index < -0.39 is 12.0 Å². The molecular weight excluding hydrogens is 378 g/mol. The van der Waals surface area contributed by atoms with Gasteiger partial charge in [0, 0.05) is 30.2 Å². The molecule has 0 spiro atoms. The van der Waals surface area contributed by atoms with E-state index in [0.29, 0.717) is 17.3 Å². The molecule has 0 aromatic heterocycles. The van der Waals surface area contributed by atoms with Gasteiger partial charge in [-0.3, -0.25) is 14.4 Å². The number of carbonyl (C=O) groups excluding carboxylic acids is 3. The number of nitrogens with zero attached hydrogens (tertiary/aromatic N) is 1. The van der Waals surface area contributed by atoms with Gasteiger partial charge in [-0.15, -0.1) is 0 Å². The van der Waals surface area contributed by atoms with Crippen LogP contribution in [0.3, 0.4) is 0 Å². The molecule has 0 aliphatic carbocycles. The first-order valence-electron chi connectivity index (χ1n) is 9.12. The largest absolute Gasteiger partial charge is 0.350 e. The summed E-state index contributed by atoms with van der Waals surface area (Å²) in [6.45, 7) is 2.29. The first-order valence-corrected chi connectivity index (χ1v) is 9.50. The number of nitrogens with one attached hydrogen (secondary N) is 2. The third-order valence-corrected chi connectivity index (χ3v) is 4.91. The maximum Gasteiger partial charge on any atom is 0.242 e. The number of rotatable bonds is 6. The maximum absolute atomic E-state index is 12.5. The number of carbonyl (C=O) groups is 3. The van der Waals surface area contributed by atoms with E-state index in [4.69, 9.17) is 11.6 Å². The SMILES string of the molecule is CC(NC(=O)C1CC(=O)N(c2cccc(Cl)c2)C1)C(=O)NCc1ccccc1. The van der Waals surface area contributed by atoms with Gasteiger partial charge in [0.05, 0.1) is 5.92 Å². The molecule has 2 unspecified atom stereocenters. The van der Waals surface area contributed by atoms with Crippen LogP contribution >= 0.6 is 11.6 Å². The van der Waals surface area contributed by atoms with Crippen LogP contribution in [0.15, 0.2) is 54.6 Å².